The molecule has 0 amide bonds. The molecule has 0 unspecified atom stereocenters. The highest BCUT2D eigenvalue weighted by Crippen LogP contribution is 2.49. The van der Waals surface area contributed by atoms with Crippen molar-refractivity contribution < 1.29 is 4.42 Å². The lowest BCUT2D eigenvalue weighted by Crippen LogP contribution is -1.85. The van der Waals surface area contributed by atoms with Crippen molar-refractivity contribution in [3.05, 3.63) is 170 Å². The molecule has 1 heteroatoms. The maximum atomic E-state index is 6.32. The number of hydrogen-bond acceptors (Lipinski definition) is 1. The number of benzene rings is 9. The number of fused-ring (bicyclic) bond motifs is 8. The van der Waals surface area contributed by atoms with Gasteiger partial charge < -0.3 is 4.42 Å². The highest BCUT2D eigenvalue weighted by Gasteiger charge is 2.22. The fourth-order valence-corrected chi connectivity index (χ4v) is 8.16. The Morgan fingerprint density at radius 3 is 1.47 bits per heavy atom. The first kappa shape index (κ1) is 26.6. The van der Waals surface area contributed by atoms with Crippen molar-refractivity contribution >= 4 is 54.3 Å². The van der Waals surface area contributed by atoms with Crippen LogP contribution in [-0.4, -0.2) is 0 Å². The van der Waals surface area contributed by atoms with Crippen molar-refractivity contribution in [1.29, 1.82) is 0 Å². The Bertz CT molecular complexity index is 2960. The van der Waals surface area contributed by atoms with Crippen LogP contribution in [0.5, 0.6) is 0 Å². The molecular weight excluding hydrogens is 593 g/mol. The van der Waals surface area contributed by atoms with Crippen molar-refractivity contribution in [2.75, 3.05) is 0 Å². The molecule has 1 aliphatic rings. The van der Waals surface area contributed by atoms with Crippen LogP contribution in [0.1, 0.15) is 0 Å². The Balaban J connectivity index is 1.01. The maximum absolute atomic E-state index is 6.32. The molecular formula is C48H28O. The Kier molecular flexibility index (Phi) is 5.45. The first-order chi connectivity index (χ1) is 24.2. The minimum absolute atomic E-state index is 0.909. The van der Waals surface area contributed by atoms with Gasteiger partial charge in [-0.25, -0.2) is 0 Å². The minimum atomic E-state index is 0.909. The van der Waals surface area contributed by atoms with Crippen LogP contribution in [0.15, 0.2) is 174 Å². The van der Waals surface area contributed by atoms with Gasteiger partial charge in [-0.2, -0.15) is 0 Å². The van der Waals surface area contributed by atoms with Gasteiger partial charge in [0.25, 0.3) is 0 Å². The van der Waals surface area contributed by atoms with Gasteiger partial charge in [-0.3, -0.25) is 0 Å². The smallest absolute Gasteiger partial charge is 0.135 e. The van der Waals surface area contributed by atoms with Crippen LogP contribution in [0.25, 0.3) is 110 Å². The summed E-state index contributed by atoms with van der Waals surface area (Å²) in [5.41, 5.74) is 14.4. The van der Waals surface area contributed by atoms with Gasteiger partial charge in [0.2, 0.25) is 0 Å². The normalized spacial score (nSPS) is 12.1. The molecule has 0 atom stereocenters. The van der Waals surface area contributed by atoms with E-state index in [1.165, 1.54) is 88.0 Å². The molecule has 1 aromatic heterocycles. The van der Waals surface area contributed by atoms with Crippen molar-refractivity contribution in [1.82, 2.24) is 0 Å². The molecule has 0 radical (unpaired) electrons. The van der Waals surface area contributed by atoms with Crippen LogP contribution >= 0.6 is 0 Å². The Labute approximate surface area is 283 Å². The van der Waals surface area contributed by atoms with Crippen LogP contribution in [0.3, 0.4) is 0 Å². The molecule has 0 N–H and O–H groups in total. The summed E-state index contributed by atoms with van der Waals surface area (Å²) in [6, 6.07) is 62.2. The van der Waals surface area contributed by atoms with E-state index in [1.807, 2.05) is 0 Å². The molecule has 1 heterocycles. The Morgan fingerprint density at radius 1 is 0.265 bits per heavy atom. The second kappa shape index (κ2) is 10.0. The quantitative estimate of drug-likeness (QED) is 0.192. The van der Waals surface area contributed by atoms with Crippen LogP contribution < -0.4 is 0 Å². The standard InChI is InChI=1S/C48H28O/c1-2-7-31-24-32(15-12-29(31)6-1)34-18-22-46-44(27-34)45-28-35(19-23-47(45)49-46)33-16-13-30-14-17-36(26-37(30)25-33)38-20-21-43-40-9-4-3-8-39(40)42-11-5-10-41(38)48(42)43/h1-28H. The third kappa shape index (κ3) is 4.00. The average molecular weight is 621 g/mol. The summed E-state index contributed by atoms with van der Waals surface area (Å²) >= 11 is 0. The van der Waals surface area contributed by atoms with Crippen LogP contribution in [0.2, 0.25) is 0 Å². The van der Waals surface area contributed by atoms with Crippen LogP contribution in [0.4, 0.5) is 0 Å². The first-order valence-electron chi connectivity index (χ1n) is 16.9. The van der Waals surface area contributed by atoms with E-state index in [2.05, 4.69) is 170 Å². The SMILES string of the molecule is c1ccc2c(c1)-c1cccc3c(-c4ccc5ccc(-c6ccc7oc8ccc(-c9ccc%10ccccc%10c9)cc8c7c6)cc5c4)ccc-2c13. The topological polar surface area (TPSA) is 13.1 Å². The molecule has 1 aliphatic carbocycles. The van der Waals surface area contributed by atoms with Crippen molar-refractivity contribution in [2.24, 2.45) is 0 Å². The molecule has 0 aliphatic heterocycles. The van der Waals surface area contributed by atoms with Crippen LogP contribution in [0, 0.1) is 0 Å². The summed E-state index contributed by atoms with van der Waals surface area (Å²) in [6.45, 7) is 0. The third-order valence-corrected chi connectivity index (χ3v) is 10.6. The molecule has 0 saturated heterocycles. The van der Waals surface area contributed by atoms with E-state index in [0.29, 0.717) is 0 Å². The van der Waals surface area contributed by atoms with Crippen LogP contribution in [-0.2, 0) is 0 Å². The van der Waals surface area contributed by atoms with Gasteiger partial charge in [-0.05, 0) is 130 Å². The van der Waals surface area contributed by atoms with Gasteiger partial charge in [0, 0.05) is 10.8 Å². The first-order valence-corrected chi connectivity index (χ1v) is 16.9. The van der Waals surface area contributed by atoms with E-state index in [0.717, 1.165) is 21.9 Å². The lowest BCUT2D eigenvalue weighted by Gasteiger charge is -2.11. The number of hydrogen-bond donors (Lipinski definition) is 0. The molecule has 0 bridgehead atoms. The largest absolute Gasteiger partial charge is 0.456 e. The fourth-order valence-electron chi connectivity index (χ4n) is 8.16. The van der Waals surface area contributed by atoms with E-state index in [1.54, 1.807) is 0 Å². The molecule has 0 fully saturated rings. The minimum Gasteiger partial charge on any atom is -0.456 e. The fraction of sp³-hybridized carbons (Fsp3) is 0. The van der Waals surface area contributed by atoms with E-state index in [-0.39, 0.29) is 0 Å². The van der Waals surface area contributed by atoms with Crippen molar-refractivity contribution in [3.63, 3.8) is 0 Å². The van der Waals surface area contributed by atoms with E-state index in [9.17, 15) is 0 Å². The third-order valence-electron chi connectivity index (χ3n) is 10.6. The molecule has 0 spiro atoms. The Morgan fingerprint density at radius 2 is 0.755 bits per heavy atom. The van der Waals surface area contributed by atoms with E-state index >= 15 is 0 Å². The highest BCUT2D eigenvalue weighted by atomic mass is 16.3. The Hall–Kier alpha value is -6.44. The number of furan rings is 1. The number of rotatable bonds is 3. The van der Waals surface area contributed by atoms with E-state index in [4.69, 9.17) is 4.42 Å². The lowest BCUT2D eigenvalue weighted by molar-refractivity contribution is 0.669. The van der Waals surface area contributed by atoms with Gasteiger partial charge in [-0.1, -0.05) is 127 Å². The van der Waals surface area contributed by atoms with Gasteiger partial charge in [0.1, 0.15) is 11.2 Å². The molecule has 9 aromatic carbocycles. The summed E-state index contributed by atoms with van der Waals surface area (Å²) in [4.78, 5) is 0. The van der Waals surface area contributed by atoms with Crippen molar-refractivity contribution in [3.8, 4) is 55.6 Å². The maximum Gasteiger partial charge on any atom is 0.135 e. The summed E-state index contributed by atoms with van der Waals surface area (Å²) in [5, 5.41) is 9.92. The van der Waals surface area contributed by atoms with Gasteiger partial charge in [0.05, 0.1) is 0 Å². The van der Waals surface area contributed by atoms with E-state index < -0.39 is 0 Å². The van der Waals surface area contributed by atoms with Crippen molar-refractivity contribution in [2.45, 2.75) is 0 Å². The molecule has 11 rings (SSSR count). The second-order valence-corrected chi connectivity index (χ2v) is 13.3. The predicted octanol–water partition coefficient (Wildman–Crippen LogP) is 13.7. The molecule has 226 valence electrons. The zero-order chi connectivity index (χ0) is 32.1. The zero-order valence-corrected chi connectivity index (χ0v) is 26.6. The molecule has 0 saturated carbocycles. The zero-order valence-electron chi connectivity index (χ0n) is 26.6. The monoisotopic (exact) mass is 620 g/mol. The lowest BCUT2D eigenvalue weighted by atomic mass is 9.92. The molecule has 10 aromatic rings. The molecule has 49 heavy (non-hydrogen) atoms. The molecule has 1 nitrogen and oxygen atoms in total. The van der Waals surface area contributed by atoms with Gasteiger partial charge in [0.15, 0.2) is 0 Å². The average Bonchev–Trinajstić information content (AvgIpc) is 3.70. The second-order valence-electron chi connectivity index (χ2n) is 13.3. The van der Waals surface area contributed by atoms with Gasteiger partial charge in [-0.15, -0.1) is 0 Å². The summed E-state index contributed by atoms with van der Waals surface area (Å²) in [5.74, 6) is 0. The van der Waals surface area contributed by atoms with Gasteiger partial charge >= 0.3 is 0 Å². The highest BCUT2D eigenvalue weighted by molar-refractivity contribution is 6.19. The summed E-state index contributed by atoms with van der Waals surface area (Å²) < 4.78 is 6.32. The predicted molar refractivity (Wildman–Crippen MR) is 207 cm³/mol. The summed E-state index contributed by atoms with van der Waals surface area (Å²) in [6.07, 6.45) is 0. The summed E-state index contributed by atoms with van der Waals surface area (Å²) in [7, 11) is 0.